The van der Waals surface area contributed by atoms with Gasteiger partial charge in [0.1, 0.15) is 10.6 Å². The molecule has 0 atom stereocenters. The molecule has 28 heavy (non-hydrogen) atoms. The van der Waals surface area contributed by atoms with Gasteiger partial charge in [-0.2, -0.15) is 0 Å². The molecule has 0 aliphatic rings. The lowest BCUT2D eigenvalue weighted by Gasteiger charge is -2.05. The van der Waals surface area contributed by atoms with Gasteiger partial charge in [0.25, 0.3) is 5.56 Å². The lowest BCUT2D eigenvalue weighted by atomic mass is 10.2. The van der Waals surface area contributed by atoms with Gasteiger partial charge in [-0.1, -0.05) is 36.7 Å². The summed E-state index contributed by atoms with van der Waals surface area (Å²) < 4.78 is 5.59. The van der Waals surface area contributed by atoms with Crippen LogP contribution in [0.5, 0.6) is 5.75 Å². The third-order valence-electron chi connectivity index (χ3n) is 4.10. The number of hydrogen-bond donors (Lipinski definition) is 1. The van der Waals surface area contributed by atoms with Gasteiger partial charge >= 0.3 is 0 Å². The van der Waals surface area contributed by atoms with Gasteiger partial charge in [0.2, 0.25) is 0 Å². The Balaban J connectivity index is 1.65. The van der Waals surface area contributed by atoms with Crippen LogP contribution in [0.1, 0.15) is 24.7 Å². The van der Waals surface area contributed by atoms with Crippen molar-refractivity contribution in [3.8, 4) is 16.2 Å². The molecule has 0 amide bonds. The summed E-state index contributed by atoms with van der Waals surface area (Å²) in [4.78, 5) is 21.8. The maximum atomic E-state index is 12.7. The molecule has 0 bridgehead atoms. The molecule has 4 rings (SSSR count). The number of aromatic amines is 1. The van der Waals surface area contributed by atoms with Gasteiger partial charge < -0.3 is 9.72 Å². The average molecular weight is 429 g/mol. The fraction of sp³-hybridized carbons (Fsp3) is 0.143. The van der Waals surface area contributed by atoms with E-state index in [1.807, 2.05) is 47.2 Å². The quantitative estimate of drug-likeness (QED) is 0.395. The van der Waals surface area contributed by atoms with Crippen molar-refractivity contribution in [2.75, 3.05) is 6.61 Å². The SMILES string of the molecule is CCCOc1ccc(/C=C(\Cl)c2nc3scc(-c4cccs4)c3c(=O)[nH]2)cc1. The van der Waals surface area contributed by atoms with Gasteiger partial charge in [-0.15, -0.1) is 22.7 Å². The second-order valence-corrected chi connectivity index (χ2v) is 8.34. The van der Waals surface area contributed by atoms with E-state index >= 15 is 0 Å². The highest BCUT2D eigenvalue weighted by molar-refractivity contribution is 7.18. The van der Waals surface area contributed by atoms with E-state index in [0.717, 1.165) is 28.2 Å². The largest absolute Gasteiger partial charge is 0.494 e. The topological polar surface area (TPSA) is 55.0 Å². The van der Waals surface area contributed by atoms with Crippen LogP contribution in [0.3, 0.4) is 0 Å². The minimum Gasteiger partial charge on any atom is -0.494 e. The van der Waals surface area contributed by atoms with E-state index in [9.17, 15) is 4.79 Å². The summed E-state index contributed by atoms with van der Waals surface area (Å²) in [5.41, 5.74) is 1.64. The van der Waals surface area contributed by atoms with Crippen molar-refractivity contribution in [1.29, 1.82) is 0 Å². The number of fused-ring (bicyclic) bond motifs is 1. The van der Waals surface area contributed by atoms with Crippen molar-refractivity contribution in [3.63, 3.8) is 0 Å². The van der Waals surface area contributed by atoms with Crippen molar-refractivity contribution in [1.82, 2.24) is 9.97 Å². The van der Waals surface area contributed by atoms with Gasteiger partial charge in [-0.3, -0.25) is 4.79 Å². The number of ether oxygens (including phenoxy) is 1. The highest BCUT2D eigenvalue weighted by Crippen LogP contribution is 2.34. The number of nitrogens with zero attached hydrogens (tertiary/aromatic N) is 1. The van der Waals surface area contributed by atoms with Crippen molar-refractivity contribution in [3.05, 3.63) is 68.9 Å². The Kier molecular flexibility index (Phi) is 5.62. The summed E-state index contributed by atoms with van der Waals surface area (Å²) in [7, 11) is 0. The Hall–Kier alpha value is -2.41. The van der Waals surface area contributed by atoms with Crippen molar-refractivity contribution in [2.24, 2.45) is 0 Å². The van der Waals surface area contributed by atoms with Crippen LogP contribution in [-0.4, -0.2) is 16.6 Å². The molecule has 0 saturated carbocycles. The molecule has 0 radical (unpaired) electrons. The summed E-state index contributed by atoms with van der Waals surface area (Å²) in [6.45, 7) is 2.76. The number of H-pyrrole nitrogens is 1. The first-order chi connectivity index (χ1) is 13.7. The molecule has 4 nitrogen and oxygen atoms in total. The van der Waals surface area contributed by atoms with Gasteiger partial charge in [0, 0.05) is 15.8 Å². The third-order valence-corrected chi connectivity index (χ3v) is 6.17. The molecule has 0 fully saturated rings. The summed E-state index contributed by atoms with van der Waals surface area (Å²) in [5.74, 6) is 1.19. The van der Waals surface area contributed by atoms with Crippen LogP contribution < -0.4 is 10.3 Å². The molecule has 0 unspecified atom stereocenters. The first-order valence-corrected chi connectivity index (χ1v) is 10.9. The van der Waals surface area contributed by atoms with Crippen LogP contribution in [0.4, 0.5) is 0 Å². The minimum atomic E-state index is -0.181. The van der Waals surface area contributed by atoms with Crippen LogP contribution >= 0.6 is 34.3 Å². The molecule has 1 aromatic carbocycles. The molecular formula is C21H17ClN2O2S2. The van der Waals surface area contributed by atoms with Gasteiger partial charge in [-0.05, 0) is 41.6 Å². The standard InChI is InChI=1S/C21H17ClN2O2S2/c1-2-9-26-14-7-5-13(6-8-14)11-16(22)19-23-20(25)18-15(12-28-21(18)24-19)17-4-3-10-27-17/h3-8,10-12H,2,9H2,1H3,(H,23,24,25)/b16-11-. The molecule has 7 heteroatoms. The van der Waals surface area contributed by atoms with Crippen molar-refractivity contribution < 1.29 is 4.74 Å². The normalized spacial score (nSPS) is 11.9. The maximum absolute atomic E-state index is 12.7. The molecule has 0 aliphatic heterocycles. The van der Waals surface area contributed by atoms with E-state index in [0.29, 0.717) is 27.7 Å². The molecular weight excluding hydrogens is 412 g/mol. The summed E-state index contributed by atoms with van der Waals surface area (Å²) in [6.07, 6.45) is 2.75. The molecule has 4 aromatic rings. The van der Waals surface area contributed by atoms with Crippen LogP contribution in [0.2, 0.25) is 0 Å². The average Bonchev–Trinajstić information content (AvgIpc) is 3.37. The van der Waals surface area contributed by atoms with E-state index in [1.165, 1.54) is 11.3 Å². The maximum Gasteiger partial charge on any atom is 0.260 e. The minimum absolute atomic E-state index is 0.181. The Bertz CT molecular complexity index is 1180. The first kappa shape index (κ1) is 18.9. The smallest absolute Gasteiger partial charge is 0.260 e. The Morgan fingerprint density at radius 1 is 1.25 bits per heavy atom. The lowest BCUT2D eigenvalue weighted by Crippen LogP contribution is -2.10. The zero-order valence-electron chi connectivity index (χ0n) is 15.1. The highest BCUT2D eigenvalue weighted by Gasteiger charge is 2.14. The fourth-order valence-electron chi connectivity index (χ4n) is 2.77. The number of rotatable bonds is 6. The number of aromatic nitrogens is 2. The van der Waals surface area contributed by atoms with E-state index < -0.39 is 0 Å². The van der Waals surface area contributed by atoms with Crippen molar-refractivity contribution in [2.45, 2.75) is 13.3 Å². The first-order valence-electron chi connectivity index (χ1n) is 8.81. The third kappa shape index (κ3) is 3.90. The van der Waals surface area contributed by atoms with Crippen LogP contribution in [0.25, 0.3) is 31.8 Å². The summed E-state index contributed by atoms with van der Waals surface area (Å²) in [5, 5.41) is 4.95. The molecule has 142 valence electrons. The number of thiophene rings is 2. The molecule has 0 aliphatic carbocycles. The number of halogens is 1. The molecule has 3 aromatic heterocycles. The summed E-state index contributed by atoms with van der Waals surface area (Å²) >= 11 is 9.49. The van der Waals surface area contributed by atoms with Crippen LogP contribution in [-0.2, 0) is 0 Å². The number of nitrogens with one attached hydrogen (secondary N) is 1. The zero-order valence-corrected chi connectivity index (χ0v) is 17.5. The molecule has 1 N–H and O–H groups in total. The van der Waals surface area contributed by atoms with E-state index in [1.54, 1.807) is 17.4 Å². The molecule has 0 spiro atoms. The van der Waals surface area contributed by atoms with Crippen molar-refractivity contribution >= 4 is 55.6 Å². The van der Waals surface area contributed by atoms with E-state index in [-0.39, 0.29) is 5.56 Å². The molecule has 0 saturated heterocycles. The summed E-state index contributed by atoms with van der Waals surface area (Å²) in [6, 6.07) is 11.6. The van der Waals surface area contributed by atoms with E-state index in [4.69, 9.17) is 16.3 Å². The Morgan fingerprint density at radius 2 is 2.07 bits per heavy atom. The van der Waals surface area contributed by atoms with Gasteiger partial charge in [-0.25, -0.2) is 4.98 Å². The predicted octanol–water partition coefficient (Wildman–Crippen LogP) is 6.24. The lowest BCUT2D eigenvalue weighted by molar-refractivity contribution is 0.317. The second kappa shape index (κ2) is 8.31. The monoisotopic (exact) mass is 428 g/mol. The Morgan fingerprint density at radius 3 is 2.79 bits per heavy atom. The zero-order chi connectivity index (χ0) is 19.5. The second-order valence-electron chi connectivity index (χ2n) is 6.13. The van der Waals surface area contributed by atoms with Crippen LogP contribution in [0.15, 0.2) is 52.0 Å². The highest BCUT2D eigenvalue weighted by atomic mass is 35.5. The predicted molar refractivity (Wildman–Crippen MR) is 120 cm³/mol. The molecule has 3 heterocycles. The Labute approximate surface area is 175 Å². The van der Waals surface area contributed by atoms with E-state index in [2.05, 4.69) is 16.9 Å². The van der Waals surface area contributed by atoms with Crippen LogP contribution in [0, 0.1) is 0 Å². The number of hydrogen-bond acceptors (Lipinski definition) is 5. The van der Waals surface area contributed by atoms with Gasteiger partial charge in [0.15, 0.2) is 5.82 Å². The van der Waals surface area contributed by atoms with Gasteiger partial charge in [0.05, 0.1) is 17.0 Å². The number of benzene rings is 1. The fourth-order valence-corrected chi connectivity index (χ4v) is 4.75.